The van der Waals surface area contributed by atoms with E-state index in [9.17, 15) is 19.2 Å². The molecule has 1 fully saturated rings. The molecule has 1 N–H and O–H groups in total. The van der Waals surface area contributed by atoms with Gasteiger partial charge in [0.15, 0.2) is 0 Å². The molecular weight excluding hydrogens is 540 g/mol. The molecule has 0 aromatic heterocycles. The zero-order valence-electron chi connectivity index (χ0n) is 18.1. The minimum absolute atomic E-state index is 0.106. The number of hydrogen-bond acceptors (Lipinski definition) is 6. The Hall–Kier alpha value is -3.95. The standard InChI is InChI=1S/C25H16BrClN2O6/c1-34-19-9-7-18(8-10-19)29-23(31)20(22(30)28-25(29)33)13-15-12-16(26)4-11-21(15)35-24(32)14-2-5-17(27)6-3-14/h2-13H,1H3,(H,28,30,33)/b20-13-. The number of nitrogens with one attached hydrogen (secondary N) is 1. The monoisotopic (exact) mass is 554 g/mol. The first kappa shape index (κ1) is 24.2. The summed E-state index contributed by atoms with van der Waals surface area (Å²) in [5.41, 5.74) is 0.459. The van der Waals surface area contributed by atoms with E-state index in [2.05, 4.69) is 21.2 Å². The fourth-order valence-electron chi connectivity index (χ4n) is 3.25. The topological polar surface area (TPSA) is 102 Å². The van der Waals surface area contributed by atoms with Crippen molar-refractivity contribution in [2.75, 3.05) is 12.0 Å². The molecule has 0 unspecified atom stereocenters. The molecule has 1 saturated heterocycles. The van der Waals surface area contributed by atoms with Gasteiger partial charge in [0, 0.05) is 15.1 Å². The third kappa shape index (κ3) is 5.26. The molecule has 10 heteroatoms. The Kier molecular flexibility index (Phi) is 6.99. The lowest BCUT2D eigenvalue weighted by Crippen LogP contribution is -2.54. The molecule has 1 heterocycles. The molecule has 0 saturated carbocycles. The van der Waals surface area contributed by atoms with E-state index in [1.807, 2.05) is 0 Å². The van der Waals surface area contributed by atoms with Gasteiger partial charge in [-0.1, -0.05) is 27.5 Å². The lowest BCUT2D eigenvalue weighted by atomic mass is 10.1. The van der Waals surface area contributed by atoms with Gasteiger partial charge in [0.05, 0.1) is 18.4 Å². The van der Waals surface area contributed by atoms with Gasteiger partial charge in [0.1, 0.15) is 17.1 Å². The molecule has 3 aromatic rings. The summed E-state index contributed by atoms with van der Waals surface area (Å²) < 4.78 is 11.2. The second kappa shape index (κ2) is 10.1. The molecule has 0 radical (unpaired) electrons. The Morgan fingerprint density at radius 3 is 2.34 bits per heavy atom. The van der Waals surface area contributed by atoms with Gasteiger partial charge in [-0.15, -0.1) is 0 Å². The molecule has 0 aliphatic carbocycles. The van der Waals surface area contributed by atoms with Crippen LogP contribution >= 0.6 is 27.5 Å². The molecule has 0 bridgehead atoms. The van der Waals surface area contributed by atoms with Crippen LogP contribution in [0.3, 0.4) is 0 Å². The SMILES string of the molecule is COc1ccc(N2C(=O)NC(=O)/C(=C/c3cc(Br)ccc3OC(=O)c3ccc(Cl)cc3)C2=O)cc1. The molecule has 4 rings (SSSR count). The minimum atomic E-state index is -0.883. The number of carbonyl (C=O) groups is 4. The van der Waals surface area contributed by atoms with E-state index in [1.165, 1.54) is 43.5 Å². The highest BCUT2D eigenvalue weighted by Crippen LogP contribution is 2.29. The lowest BCUT2D eigenvalue weighted by Gasteiger charge is -2.26. The van der Waals surface area contributed by atoms with Gasteiger partial charge in [0.25, 0.3) is 11.8 Å². The maximum absolute atomic E-state index is 13.2. The third-order valence-electron chi connectivity index (χ3n) is 4.99. The van der Waals surface area contributed by atoms with E-state index < -0.39 is 23.8 Å². The highest BCUT2D eigenvalue weighted by molar-refractivity contribution is 9.10. The van der Waals surface area contributed by atoms with E-state index in [1.54, 1.807) is 36.4 Å². The Morgan fingerprint density at radius 2 is 1.69 bits per heavy atom. The number of anilines is 1. The Balaban J connectivity index is 1.69. The number of amides is 4. The summed E-state index contributed by atoms with van der Waals surface area (Å²) in [6.07, 6.45) is 1.26. The molecular formula is C25H16BrClN2O6. The van der Waals surface area contributed by atoms with Crippen molar-refractivity contribution in [1.29, 1.82) is 0 Å². The van der Waals surface area contributed by atoms with Crippen LogP contribution in [0.4, 0.5) is 10.5 Å². The number of methoxy groups -OCH3 is 1. The first-order valence-electron chi connectivity index (χ1n) is 10.1. The van der Waals surface area contributed by atoms with Gasteiger partial charge >= 0.3 is 12.0 Å². The number of rotatable bonds is 5. The fourth-order valence-corrected chi connectivity index (χ4v) is 3.75. The number of ether oxygens (including phenoxy) is 2. The van der Waals surface area contributed by atoms with Gasteiger partial charge in [0.2, 0.25) is 0 Å². The van der Waals surface area contributed by atoms with Crippen molar-refractivity contribution < 1.29 is 28.7 Å². The van der Waals surface area contributed by atoms with Gasteiger partial charge in [-0.3, -0.25) is 14.9 Å². The Morgan fingerprint density at radius 1 is 1.00 bits per heavy atom. The first-order chi connectivity index (χ1) is 16.8. The molecule has 8 nitrogen and oxygen atoms in total. The van der Waals surface area contributed by atoms with Crippen molar-refractivity contribution >= 4 is 63.1 Å². The fraction of sp³-hybridized carbons (Fsp3) is 0.0400. The predicted molar refractivity (Wildman–Crippen MR) is 133 cm³/mol. The van der Waals surface area contributed by atoms with Crippen molar-refractivity contribution in [3.05, 3.63) is 92.9 Å². The molecule has 3 aromatic carbocycles. The predicted octanol–water partition coefficient (Wildman–Crippen LogP) is 5.00. The van der Waals surface area contributed by atoms with Crippen LogP contribution < -0.4 is 19.7 Å². The van der Waals surface area contributed by atoms with Crippen LogP contribution in [-0.4, -0.2) is 30.9 Å². The smallest absolute Gasteiger partial charge is 0.343 e. The number of urea groups is 1. The van der Waals surface area contributed by atoms with Crippen LogP contribution in [0.2, 0.25) is 5.02 Å². The van der Waals surface area contributed by atoms with Crippen LogP contribution in [0, 0.1) is 0 Å². The van der Waals surface area contributed by atoms with Gasteiger partial charge in [-0.05, 0) is 72.8 Å². The van der Waals surface area contributed by atoms with Crippen LogP contribution in [0.25, 0.3) is 6.08 Å². The highest BCUT2D eigenvalue weighted by Gasteiger charge is 2.37. The van der Waals surface area contributed by atoms with Crippen molar-refractivity contribution in [2.24, 2.45) is 0 Å². The number of carbonyl (C=O) groups excluding carboxylic acids is 4. The average molecular weight is 556 g/mol. The number of nitrogens with zero attached hydrogens (tertiary/aromatic N) is 1. The number of benzene rings is 3. The summed E-state index contributed by atoms with van der Waals surface area (Å²) >= 11 is 9.20. The second-order valence-corrected chi connectivity index (χ2v) is 8.59. The number of esters is 1. The van der Waals surface area contributed by atoms with Crippen molar-refractivity contribution in [1.82, 2.24) is 5.32 Å². The quantitative estimate of drug-likeness (QED) is 0.206. The van der Waals surface area contributed by atoms with E-state index in [-0.39, 0.29) is 28.1 Å². The summed E-state index contributed by atoms with van der Waals surface area (Å²) in [7, 11) is 1.49. The van der Waals surface area contributed by atoms with Crippen LogP contribution in [0.1, 0.15) is 15.9 Å². The summed E-state index contributed by atoms with van der Waals surface area (Å²) in [6.45, 7) is 0. The molecule has 1 aliphatic rings. The van der Waals surface area contributed by atoms with Crippen molar-refractivity contribution in [3.8, 4) is 11.5 Å². The number of barbiturate groups is 1. The van der Waals surface area contributed by atoms with E-state index >= 15 is 0 Å². The van der Waals surface area contributed by atoms with Crippen LogP contribution in [0.15, 0.2) is 76.8 Å². The highest BCUT2D eigenvalue weighted by atomic mass is 79.9. The zero-order valence-corrected chi connectivity index (χ0v) is 20.4. The maximum Gasteiger partial charge on any atom is 0.343 e. The van der Waals surface area contributed by atoms with E-state index in [0.717, 1.165) is 4.90 Å². The van der Waals surface area contributed by atoms with Crippen LogP contribution in [-0.2, 0) is 9.59 Å². The lowest BCUT2D eigenvalue weighted by molar-refractivity contribution is -0.122. The minimum Gasteiger partial charge on any atom is -0.497 e. The van der Waals surface area contributed by atoms with Crippen molar-refractivity contribution in [3.63, 3.8) is 0 Å². The first-order valence-corrected chi connectivity index (χ1v) is 11.3. The summed E-state index contributed by atoms with van der Waals surface area (Å²) in [5, 5.41) is 2.63. The molecule has 4 amide bonds. The van der Waals surface area contributed by atoms with Gasteiger partial charge < -0.3 is 9.47 Å². The largest absolute Gasteiger partial charge is 0.497 e. The average Bonchev–Trinajstić information content (AvgIpc) is 2.84. The molecule has 176 valence electrons. The van der Waals surface area contributed by atoms with E-state index in [4.69, 9.17) is 21.1 Å². The Bertz CT molecular complexity index is 1370. The van der Waals surface area contributed by atoms with Crippen LogP contribution in [0.5, 0.6) is 11.5 Å². The number of hydrogen-bond donors (Lipinski definition) is 1. The molecule has 1 aliphatic heterocycles. The van der Waals surface area contributed by atoms with Gasteiger partial charge in [-0.25, -0.2) is 14.5 Å². The number of halogens is 2. The summed E-state index contributed by atoms with van der Waals surface area (Å²) in [5.74, 6) is -1.72. The summed E-state index contributed by atoms with van der Waals surface area (Å²) in [6, 6.07) is 16.2. The Labute approximate surface area is 213 Å². The zero-order chi connectivity index (χ0) is 25.1. The number of imide groups is 2. The molecule has 0 atom stereocenters. The molecule has 35 heavy (non-hydrogen) atoms. The third-order valence-corrected chi connectivity index (χ3v) is 5.73. The van der Waals surface area contributed by atoms with Crippen molar-refractivity contribution in [2.45, 2.75) is 0 Å². The second-order valence-electron chi connectivity index (χ2n) is 7.23. The normalized spacial score (nSPS) is 14.7. The van der Waals surface area contributed by atoms with Gasteiger partial charge in [-0.2, -0.15) is 0 Å². The van der Waals surface area contributed by atoms with E-state index in [0.29, 0.717) is 15.2 Å². The molecule has 0 spiro atoms. The summed E-state index contributed by atoms with van der Waals surface area (Å²) in [4.78, 5) is 51.6. The maximum atomic E-state index is 13.2.